The third-order valence-electron chi connectivity index (χ3n) is 5.15. The zero-order valence-corrected chi connectivity index (χ0v) is 16.1. The first-order chi connectivity index (χ1) is 10.9. The van der Waals surface area contributed by atoms with E-state index in [-0.39, 0.29) is 13.3 Å². The predicted octanol–water partition coefficient (Wildman–Crippen LogP) is 6.48. The highest BCUT2D eigenvalue weighted by Crippen LogP contribution is 2.31. The van der Waals surface area contributed by atoms with Crippen molar-refractivity contribution < 1.29 is 11.0 Å². The van der Waals surface area contributed by atoms with Gasteiger partial charge in [-0.3, -0.25) is 4.79 Å². The van der Waals surface area contributed by atoms with E-state index >= 15 is 0 Å². The van der Waals surface area contributed by atoms with Crippen LogP contribution in [-0.2, 0) is 9.53 Å². The average Bonchev–Trinajstić information content (AvgIpc) is 2.67. The van der Waals surface area contributed by atoms with E-state index in [4.69, 9.17) is 4.74 Å². The first-order valence-corrected chi connectivity index (χ1v) is 9.80. The Kier molecular flexibility index (Phi) is 9.12. The van der Waals surface area contributed by atoms with Crippen molar-refractivity contribution in [2.45, 2.75) is 111 Å². The summed E-state index contributed by atoms with van der Waals surface area (Å²) in [5.74, 6) is 1.16. The van der Waals surface area contributed by atoms with E-state index in [0.29, 0.717) is 0 Å². The maximum atomic E-state index is 11.8. The van der Waals surface area contributed by atoms with Crippen LogP contribution in [0.1, 0.15) is 100 Å². The first-order valence-electron chi connectivity index (χ1n) is 9.80. The highest BCUT2D eigenvalue weighted by molar-refractivity contribution is 6.00. The Labute approximate surface area is 145 Å². The third kappa shape index (κ3) is 7.20. The number of ether oxygens (including phenoxy) is 1. The normalized spacial score (nSPS) is 27.0. The molecule has 0 N–H and O–H groups in total. The fraction of sp³-hybridized carbons (Fsp3) is 0.857. The van der Waals surface area contributed by atoms with Crippen molar-refractivity contribution in [2.75, 3.05) is 0 Å². The van der Waals surface area contributed by atoms with E-state index in [2.05, 4.69) is 20.8 Å². The molecule has 1 fully saturated rings. The Hall–Kier alpha value is -0.630. The van der Waals surface area contributed by atoms with Gasteiger partial charge in [-0.2, -0.15) is 0 Å². The van der Waals surface area contributed by atoms with Gasteiger partial charge in [-0.05, 0) is 38.7 Å². The molecule has 2 atom stereocenters. The summed E-state index contributed by atoms with van der Waals surface area (Å²) in [6, 6.07) is 0. The maximum Gasteiger partial charge on any atom is 0.187 e. The van der Waals surface area contributed by atoms with Crippen molar-refractivity contribution in [1.29, 1.82) is 0 Å². The van der Waals surface area contributed by atoms with Crippen LogP contribution >= 0.6 is 0 Å². The molecule has 0 saturated heterocycles. The van der Waals surface area contributed by atoms with Gasteiger partial charge in [0.15, 0.2) is 5.78 Å². The van der Waals surface area contributed by atoms with Gasteiger partial charge in [0.1, 0.15) is 5.60 Å². The second-order valence-corrected chi connectivity index (χ2v) is 7.80. The largest absolute Gasteiger partial charge is 0.364 e. The summed E-state index contributed by atoms with van der Waals surface area (Å²) in [5, 5.41) is 0. The summed E-state index contributed by atoms with van der Waals surface area (Å²) in [5.41, 5.74) is 0.550. The topological polar surface area (TPSA) is 26.3 Å². The van der Waals surface area contributed by atoms with Gasteiger partial charge in [0.2, 0.25) is 0 Å². The van der Waals surface area contributed by atoms with Crippen LogP contribution in [0.4, 0.5) is 0 Å². The summed E-state index contributed by atoms with van der Waals surface area (Å²) in [6.45, 7) is 10.6. The molecule has 0 bridgehead atoms. The fourth-order valence-electron chi connectivity index (χ4n) is 3.67. The summed E-state index contributed by atoms with van der Waals surface area (Å²) in [7, 11) is 0. The molecule has 0 amide bonds. The zero-order chi connectivity index (χ0) is 17.3. The van der Waals surface area contributed by atoms with Crippen molar-refractivity contribution in [3.63, 3.8) is 0 Å². The summed E-state index contributed by atoms with van der Waals surface area (Å²) < 4.78 is 5.97. The number of ketones is 1. The number of carbonyl (C=O) groups is 1. The second kappa shape index (κ2) is 10.3. The maximum absolute atomic E-state index is 11.8. The lowest BCUT2D eigenvalue weighted by molar-refractivity contribution is -0.144. The van der Waals surface area contributed by atoms with Gasteiger partial charge in [0.25, 0.3) is 0 Å². The van der Waals surface area contributed by atoms with Gasteiger partial charge in [0.05, 0.1) is 6.10 Å². The molecule has 2 aliphatic rings. The first kappa shape index (κ1) is 20.4. The molecule has 0 aliphatic heterocycles. The molecule has 0 spiro atoms. The highest BCUT2D eigenvalue weighted by Gasteiger charge is 2.39. The molecule has 0 radical (unpaired) electrons. The van der Waals surface area contributed by atoms with Crippen LogP contribution in [0.5, 0.6) is 0 Å². The molecule has 23 heavy (non-hydrogen) atoms. The zero-order valence-electron chi connectivity index (χ0n) is 16.1. The lowest BCUT2D eigenvalue weighted by Gasteiger charge is -2.29. The van der Waals surface area contributed by atoms with Crippen molar-refractivity contribution in [3.8, 4) is 0 Å². The molecule has 0 aromatic rings. The number of rotatable bonds is 5. The van der Waals surface area contributed by atoms with Gasteiger partial charge in [-0.1, -0.05) is 71.3 Å². The molecule has 2 aliphatic carbocycles. The second-order valence-electron chi connectivity index (χ2n) is 7.80. The minimum Gasteiger partial charge on any atom is -0.364 e. The van der Waals surface area contributed by atoms with Crippen LogP contribution in [0.3, 0.4) is 0 Å². The van der Waals surface area contributed by atoms with Crippen LogP contribution in [0, 0.1) is 5.92 Å². The van der Waals surface area contributed by atoms with Crippen LogP contribution in [0.25, 0.3) is 0 Å². The minimum atomic E-state index is -0.583. The Bertz CT molecular complexity index is 383. The summed E-state index contributed by atoms with van der Waals surface area (Å²) in [6.07, 6.45) is 14.8. The van der Waals surface area contributed by atoms with E-state index in [1.165, 1.54) is 38.5 Å². The molecule has 0 aromatic carbocycles. The van der Waals surface area contributed by atoms with Gasteiger partial charge in [-0.15, -0.1) is 0 Å². The van der Waals surface area contributed by atoms with Crippen molar-refractivity contribution in [3.05, 3.63) is 11.6 Å². The van der Waals surface area contributed by atoms with Crippen LogP contribution in [0.15, 0.2) is 11.6 Å². The molecule has 136 valence electrons. The summed E-state index contributed by atoms with van der Waals surface area (Å²) >= 11 is 0. The lowest BCUT2D eigenvalue weighted by atomic mass is 10.00. The van der Waals surface area contributed by atoms with E-state index in [9.17, 15) is 4.79 Å². The van der Waals surface area contributed by atoms with E-state index in [0.717, 1.165) is 37.2 Å². The van der Waals surface area contributed by atoms with Crippen molar-refractivity contribution in [2.24, 2.45) is 5.92 Å². The van der Waals surface area contributed by atoms with E-state index in [1.807, 2.05) is 13.8 Å². The van der Waals surface area contributed by atoms with Crippen molar-refractivity contribution >= 4 is 5.78 Å². The van der Waals surface area contributed by atoms with E-state index in [1.54, 1.807) is 6.08 Å². The SMILES string of the molecule is CC1CCCCCC1.CCCC(CC)OC1(C)CC(C)=CC1=O.[HH]. The summed E-state index contributed by atoms with van der Waals surface area (Å²) in [4.78, 5) is 11.8. The standard InChI is InChI=1S/C13H22O2.C8H16.H2/c1-5-7-11(6-2)15-13(4)9-10(3)8-12(13)14;1-8-6-4-2-3-5-7-8;/h8,11H,5-7,9H2,1-4H3;8H,2-7H2,1H3;1H. The molecule has 2 rings (SSSR count). The predicted molar refractivity (Wildman–Crippen MR) is 101 cm³/mol. The Morgan fingerprint density at radius 2 is 1.87 bits per heavy atom. The quantitative estimate of drug-likeness (QED) is 0.541. The average molecular weight is 325 g/mol. The smallest absolute Gasteiger partial charge is 0.187 e. The van der Waals surface area contributed by atoms with Gasteiger partial charge < -0.3 is 4.74 Å². The molecule has 2 heteroatoms. The molecule has 2 nitrogen and oxygen atoms in total. The number of carbonyl (C=O) groups excluding carboxylic acids is 1. The Morgan fingerprint density at radius 1 is 1.26 bits per heavy atom. The molecule has 0 heterocycles. The van der Waals surface area contributed by atoms with Gasteiger partial charge in [0, 0.05) is 7.85 Å². The number of hydrogen-bond acceptors (Lipinski definition) is 2. The molecule has 0 aromatic heterocycles. The van der Waals surface area contributed by atoms with Gasteiger partial charge >= 0.3 is 0 Å². The monoisotopic (exact) mass is 324 g/mol. The molecular formula is C21H40O2. The molecular weight excluding hydrogens is 284 g/mol. The third-order valence-corrected chi connectivity index (χ3v) is 5.15. The molecule has 2 unspecified atom stereocenters. The minimum absolute atomic E-state index is 0. The van der Waals surface area contributed by atoms with Gasteiger partial charge in [-0.25, -0.2) is 0 Å². The fourth-order valence-corrected chi connectivity index (χ4v) is 3.67. The number of hydrogen-bond donors (Lipinski definition) is 0. The molecule has 1 saturated carbocycles. The lowest BCUT2D eigenvalue weighted by Crippen LogP contribution is -2.38. The van der Waals surface area contributed by atoms with Crippen LogP contribution in [0.2, 0.25) is 0 Å². The van der Waals surface area contributed by atoms with Crippen molar-refractivity contribution in [1.82, 2.24) is 0 Å². The Balaban J connectivity index is 0.000000498. The van der Waals surface area contributed by atoms with Crippen LogP contribution in [-0.4, -0.2) is 17.5 Å². The highest BCUT2D eigenvalue weighted by atomic mass is 16.5. The van der Waals surface area contributed by atoms with Crippen LogP contribution < -0.4 is 0 Å². The van der Waals surface area contributed by atoms with E-state index < -0.39 is 5.60 Å². The Morgan fingerprint density at radius 3 is 2.30 bits per heavy atom.